The van der Waals surface area contributed by atoms with E-state index in [9.17, 15) is 4.79 Å². The summed E-state index contributed by atoms with van der Waals surface area (Å²) >= 11 is 4.09. The van der Waals surface area contributed by atoms with E-state index in [0.717, 1.165) is 38.4 Å². The summed E-state index contributed by atoms with van der Waals surface area (Å²) in [6.07, 6.45) is 2.88. The molecule has 1 aliphatic rings. The van der Waals surface area contributed by atoms with Crippen LogP contribution in [0.1, 0.15) is 19.3 Å². The molecule has 88 valence electrons. The van der Waals surface area contributed by atoms with Gasteiger partial charge in [-0.25, -0.2) is 0 Å². The van der Waals surface area contributed by atoms with E-state index in [2.05, 4.69) is 31.6 Å². The topological polar surface area (TPSA) is 23.6 Å². The lowest BCUT2D eigenvalue weighted by atomic mass is 9.96. The van der Waals surface area contributed by atoms with E-state index >= 15 is 0 Å². The maximum Gasteiger partial charge on any atom is 0.223 e. The van der Waals surface area contributed by atoms with E-state index in [4.69, 9.17) is 0 Å². The second kappa shape index (κ2) is 6.38. The molecule has 1 rings (SSSR count). The minimum absolute atomic E-state index is 0.272. The molecule has 3 nitrogen and oxygen atoms in total. The number of piperidine rings is 1. The molecule has 0 unspecified atom stereocenters. The number of amides is 1. The van der Waals surface area contributed by atoms with Crippen LogP contribution in [0.2, 0.25) is 0 Å². The van der Waals surface area contributed by atoms with Crippen molar-refractivity contribution in [2.45, 2.75) is 19.3 Å². The smallest absolute Gasteiger partial charge is 0.223 e. The van der Waals surface area contributed by atoms with Crippen molar-refractivity contribution in [2.75, 3.05) is 39.5 Å². The number of likely N-dealkylation sites (tertiary alicyclic amines) is 1. The first-order chi connectivity index (χ1) is 7.13. The van der Waals surface area contributed by atoms with Crippen molar-refractivity contribution in [3.8, 4) is 0 Å². The monoisotopic (exact) mass is 230 g/mol. The molecule has 0 atom stereocenters. The van der Waals surface area contributed by atoms with Crippen LogP contribution in [0.5, 0.6) is 0 Å². The molecule has 1 saturated heterocycles. The predicted molar refractivity (Wildman–Crippen MR) is 66.3 cm³/mol. The molecule has 1 fully saturated rings. The number of hydrogen-bond acceptors (Lipinski definition) is 3. The number of carbonyl (C=O) groups excluding carboxylic acids is 1. The Kier molecular flexibility index (Phi) is 5.47. The molecule has 0 aromatic rings. The van der Waals surface area contributed by atoms with E-state index in [-0.39, 0.29) is 5.91 Å². The van der Waals surface area contributed by atoms with Crippen LogP contribution in [0.4, 0.5) is 0 Å². The summed E-state index contributed by atoms with van der Waals surface area (Å²) in [5.41, 5.74) is 0. The lowest BCUT2D eigenvalue weighted by Crippen LogP contribution is -2.40. The Morgan fingerprint density at radius 2 is 2.00 bits per heavy atom. The van der Waals surface area contributed by atoms with E-state index in [1.165, 1.54) is 0 Å². The average Bonchev–Trinajstić information content (AvgIpc) is 2.18. The van der Waals surface area contributed by atoms with E-state index in [1.54, 1.807) is 0 Å². The maximum atomic E-state index is 11.6. The van der Waals surface area contributed by atoms with Gasteiger partial charge >= 0.3 is 0 Å². The van der Waals surface area contributed by atoms with Crippen LogP contribution in [0.3, 0.4) is 0 Å². The van der Waals surface area contributed by atoms with Crippen molar-refractivity contribution < 1.29 is 4.79 Å². The zero-order chi connectivity index (χ0) is 11.3. The van der Waals surface area contributed by atoms with Crippen molar-refractivity contribution >= 4 is 18.5 Å². The standard InChI is InChI=1S/C11H22N2OS/c1-12(2)9-10-3-6-13(7-4-10)11(14)5-8-15/h10,15H,3-9H2,1-2H3. The Balaban J connectivity index is 2.26. The van der Waals surface area contributed by atoms with Crippen molar-refractivity contribution in [1.29, 1.82) is 0 Å². The molecule has 0 bridgehead atoms. The molecule has 0 aromatic carbocycles. The second-order valence-electron chi connectivity index (χ2n) is 4.56. The Morgan fingerprint density at radius 1 is 1.40 bits per heavy atom. The van der Waals surface area contributed by atoms with Crippen LogP contribution in [-0.2, 0) is 4.79 Å². The summed E-state index contributed by atoms with van der Waals surface area (Å²) in [5, 5.41) is 0. The second-order valence-corrected chi connectivity index (χ2v) is 5.01. The third kappa shape index (κ3) is 4.43. The molecule has 15 heavy (non-hydrogen) atoms. The van der Waals surface area contributed by atoms with Gasteiger partial charge in [0, 0.05) is 26.1 Å². The Labute approximate surface area is 98.2 Å². The van der Waals surface area contributed by atoms with Gasteiger partial charge in [-0.3, -0.25) is 4.79 Å². The van der Waals surface area contributed by atoms with Gasteiger partial charge in [0.15, 0.2) is 0 Å². The first-order valence-electron chi connectivity index (χ1n) is 5.67. The summed E-state index contributed by atoms with van der Waals surface area (Å²) in [6, 6.07) is 0. The molecule has 0 aliphatic carbocycles. The number of nitrogens with zero attached hydrogens (tertiary/aromatic N) is 2. The van der Waals surface area contributed by atoms with Crippen LogP contribution in [0, 0.1) is 5.92 Å². The quantitative estimate of drug-likeness (QED) is 0.731. The van der Waals surface area contributed by atoms with Gasteiger partial charge in [-0.2, -0.15) is 12.6 Å². The number of thiol groups is 1. The van der Waals surface area contributed by atoms with Gasteiger partial charge in [0.25, 0.3) is 0 Å². The fourth-order valence-electron chi connectivity index (χ4n) is 2.14. The zero-order valence-electron chi connectivity index (χ0n) is 9.78. The van der Waals surface area contributed by atoms with Crippen LogP contribution < -0.4 is 0 Å². The molecule has 0 spiro atoms. The molecular formula is C11H22N2OS. The third-order valence-electron chi connectivity index (χ3n) is 2.92. The fourth-order valence-corrected chi connectivity index (χ4v) is 2.33. The summed E-state index contributed by atoms with van der Waals surface area (Å²) in [4.78, 5) is 15.8. The molecule has 0 N–H and O–H groups in total. The van der Waals surface area contributed by atoms with Gasteiger partial charge in [-0.15, -0.1) is 0 Å². The highest BCUT2D eigenvalue weighted by molar-refractivity contribution is 7.80. The Bertz CT molecular complexity index is 201. The number of hydrogen-bond donors (Lipinski definition) is 1. The summed E-state index contributed by atoms with van der Waals surface area (Å²) < 4.78 is 0. The predicted octanol–water partition coefficient (Wildman–Crippen LogP) is 1.11. The summed E-state index contributed by atoms with van der Waals surface area (Å²) in [6.45, 7) is 3.02. The average molecular weight is 230 g/mol. The summed E-state index contributed by atoms with van der Waals surface area (Å²) in [5.74, 6) is 1.70. The van der Waals surface area contributed by atoms with Gasteiger partial charge in [-0.05, 0) is 38.6 Å². The first kappa shape index (κ1) is 12.8. The maximum absolute atomic E-state index is 11.6. The van der Waals surface area contributed by atoms with Gasteiger partial charge in [-0.1, -0.05) is 0 Å². The van der Waals surface area contributed by atoms with Gasteiger partial charge < -0.3 is 9.80 Å². The molecule has 4 heteroatoms. The highest BCUT2D eigenvalue weighted by Crippen LogP contribution is 2.18. The minimum atomic E-state index is 0.272. The zero-order valence-corrected chi connectivity index (χ0v) is 10.7. The van der Waals surface area contributed by atoms with Crippen molar-refractivity contribution in [2.24, 2.45) is 5.92 Å². The highest BCUT2D eigenvalue weighted by Gasteiger charge is 2.22. The fraction of sp³-hybridized carbons (Fsp3) is 0.909. The van der Waals surface area contributed by atoms with Crippen molar-refractivity contribution in [1.82, 2.24) is 9.80 Å². The SMILES string of the molecule is CN(C)CC1CCN(C(=O)CCS)CC1. The van der Waals surface area contributed by atoms with Crippen molar-refractivity contribution in [3.63, 3.8) is 0 Å². The van der Waals surface area contributed by atoms with Crippen LogP contribution in [0.25, 0.3) is 0 Å². The molecule has 0 saturated carbocycles. The largest absolute Gasteiger partial charge is 0.343 e. The van der Waals surface area contributed by atoms with E-state index in [0.29, 0.717) is 12.2 Å². The summed E-state index contributed by atoms with van der Waals surface area (Å²) in [7, 11) is 4.22. The lowest BCUT2D eigenvalue weighted by Gasteiger charge is -2.33. The van der Waals surface area contributed by atoms with E-state index in [1.807, 2.05) is 4.90 Å². The molecule has 0 radical (unpaired) electrons. The minimum Gasteiger partial charge on any atom is -0.343 e. The Hall–Kier alpha value is -0.220. The van der Waals surface area contributed by atoms with Crippen LogP contribution >= 0.6 is 12.6 Å². The van der Waals surface area contributed by atoms with Gasteiger partial charge in [0.2, 0.25) is 5.91 Å². The highest BCUT2D eigenvalue weighted by atomic mass is 32.1. The normalized spacial score (nSPS) is 18.5. The van der Waals surface area contributed by atoms with Crippen LogP contribution in [-0.4, -0.2) is 55.2 Å². The van der Waals surface area contributed by atoms with Crippen LogP contribution in [0.15, 0.2) is 0 Å². The van der Waals surface area contributed by atoms with E-state index < -0.39 is 0 Å². The Morgan fingerprint density at radius 3 is 2.47 bits per heavy atom. The van der Waals surface area contributed by atoms with Gasteiger partial charge in [0.1, 0.15) is 0 Å². The first-order valence-corrected chi connectivity index (χ1v) is 6.30. The number of carbonyl (C=O) groups is 1. The molecule has 0 aromatic heterocycles. The molecular weight excluding hydrogens is 208 g/mol. The number of rotatable bonds is 4. The lowest BCUT2D eigenvalue weighted by molar-refractivity contribution is -0.132. The van der Waals surface area contributed by atoms with Gasteiger partial charge in [0.05, 0.1) is 0 Å². The molecule has 1 amide bonds. The molecule has 1 heterocycles. The third-order valence-corrected chi connectivity index (χ3v) is 3.14. The molecule has 1 aliphatic heterocycles. The van der Waals surface area contributed by atoms with Crippen molar-refractivity contribution in [3.05, 3.63) is 0 Å².